The number of hydrogen-bond donors (Lipinski definition) is 1. The molecule has 0 radical (unpaired) electrons. The molecule has 0 aliphatic heterocycles. The van der Waals surface area contributed by atoms with Crippen LogP contribution in [0.15, 0.2) is 18.2 Å². The Balaban J connectivity index is 3.25. The number of nitrogens with one attached hydrogen (secondary N) is 1. The number of nitro benzene ring substituents is 1. The van der Waals surface area contributed by atoms with Crippen LogP contribution in [-0.2, 0) is 16.2 Å². The van der Waals surface area contributed by atoms with Gasteiger partial charge in [0.25, 0.3) is 5.69 Å². The van der Waals surface area contributed by atoms with Crippen molar-refractivity contribution in [2.24, 2.45) is 0 Å². The molecule has 0 saturated carbocycles. The maximum atomic E-state index is 12.5. The van der Waals surface area contributed by atoms with Gasteiger partial charge in [0.2, 0.25) is 10.0 Å². The van der Waals surface area contributed by atoms with Gasteiger partial charge in [-0.25, -0.2) is 8.42 Å². The van der Waals surface area contributed by atoms with Gasteiger partial charge in [-0.15, -0.1) is 0 Å². The molecule has 0 aromatic heterocycles. The lowest BCUT2D eigenvalue weighted by Crippen LogP contribution is -2.17. The highest BCUT2D eigenvalue weighted by Crippen LogP contribution is 2.35. The molecule has 1 aromatic rings. The van der Waals surface area contributed by atoms with Crippen LogP contribution in [0.3, 0.4) is 0 Å². The molecule has 0 amide bonds. The smallest absolute Gasteiger partial charge is 0.277 e. The molecule has 0 atom stereocenters. The van der Waals surface area contributed by atoms with Crippen molar-refractivity contribution >= 4 is 21.4 Å². The summed E-state index contributed by atoms with van der Waals surface area (Å²) in [6, 6.07) is 1.61. The molecule has 112 valence electrons. The highest BCUT2D eigenvalue weighted by atomic mass is 32.2. The minimum atomic E-state index is -4.74. The normalized spacial score (nSPS) is 12.2. The van der Waals surface area contributed by atoms with E-state index in [2.05, 4.69) is 0 Å². The minimum Gasteiger partial charge on any atom is -0.277 e. The molecule has 0 spiro atoms. The van der Waals surface area contributed by atoms with E-state index in [0.717, 1.165) is 6.07 Å². The van der Waals surface area contributed by atoms with Crippen LogP contribution in [0.5, 0.6) is 0 Å². The summed E-state index contributed by atoms with van der Waals surface area (Å²) in [7, 11) is -3.82. The van der Waals surface area contributed by atoms with Crippen molar-refractivity contribution in [2.75, 3.05) is 10.5 Å². The summed E-state index contributed by atoms with van der Waals surface area (Å²) in [5.74, 6) is -0.287. The Morgan fingerprint density at radius 2 is 1.95 bits per heavy atom. The molecule has 0 heterocycles. The van der Waals surface area contributed by atoms with E-state index in [9.17, 15) is 31.7 Å². The maximum Gasteiger partial charge on any atom is 0.416 e. The van der Waals surface area contributed by atoms with Gasteiger partial charge in [-0.1, -0.05) is 6.92 Å². The van der Waals surface area contributed by atoms with E-state index in [0.29, 0.717) is 12.1 Å². The van der Waals surface area contributed by atoms with Crippen molar-refractivity contribution in [3.63, 3.8) is 0 Å². The first-order valence-corrected chi connectivity index (χ1v) is 7.08. The molecule has 0 aliphatic carbocycles. The predicted octanol–water partition coefficient (Wildman–Crippen LogP) is 2.77. The third kappa shape index (κ3) is 4.08. The fraction of sp³-hybridized carbons (Fsp3) is 0.400. The number of halogens is 3. The van der Waals surface area contributed by atoms with Crippen molar-refractivity contribution in [1.29, 1.82) is 0 Å². The van der Waals surface area contributed by atoms with Gasteiger partial charge >= 0.3 is 6.18 Å². The summed E-state index contributed by atoms with van der Waals surface area (Å²) in [5.41, 5.74) is -2.65. The molecule has 0 bridgehead atoms. The molecular formula is C10H11F3N2O4S. The average Bonchev–Trinajstić information content (AvgIpc) is 2.26. The van der Waals surface area contributed by atoms with Gasteiger partial charge in [-0.3, -0.25) is 14.8 Å². The van der Waals surface area contributed by atoms with Crippen molar-refractivity contribution in [3.8, 4) is 0 Å². The standard InChI is InChI=1S/C10H11F3N2O4S/c1-2-5-20(18,19)14-8-4-3-7(10(11,12)13)6-9(8)15(16)17/h3-4,6,14H,2,5H2,1H3. The van der Waals surface area contributed by atoms with Crippen molar-refractivity contribution < 1.29 is 26.5 Å². The van der Waals surface area contributed by atoms with E-state index >= 15 is 0 Å². The van der Waals surface area contributed by atoms with E-state index in [1.165, 1.54) is 0 Å². The number of benzene rings is 1. The second kappa shape index (κ2) is 5.65. The maximum absolute atomic E-state index is 12.5. The van der Waals surface area contributed by atoms with Crippen LogP contribution in [0, 0.1) is 10.1 Å². The van der Waals surface area contributed by atoms with E-state index in [1.54, 1.807) is 6.92 Å². The van der Waals surface area contributed by atoms with E-state index in [-0.39, 0.29) is 12.2 Å². The Hall–Kier alpha value is -1.84. The summed E-state index contributed by atoms with van der Waals surface area (Å²) in [6.45, 7) is 1.58. The lowest BCUT2D eigenvalue weighted by molar-refractivity contribution is -0.384. The van der Waals surface area contributed by atoms with Crippen LogP contribution in [0.4, 0.5) is 24.5 Å². The largest absolute Gasteiger partial charge is 0.416 e. The Morgan fingerprint density at radius 3 is 2.40 bits per heavy atom. The fourth-order valence-corrected chi connectivity index (χ4v) is 2.58. The SMILES string of the molecule is CCCS(=O)(=O)Nc1ccc(C(F)(F)F)cc1[N+](=O)[O-]. The highest BCUT2D eigenvalue weighted by Gasteiger charge is 2.33. The zero-order valence-corrected chi connectivity index (χ0v) is 11.1. The molecule has 0 unspecified atom stereocenters. The first-order valence-electron chi connectivity index (χ1n) is 5.43. The van der Waals surface area contributed by atoms with Gasteiger partial charge in [0.1, 0.15) is 5.69 Å². The summed E-state index contributed by atoms with van der Waals surface area (Å²) in [6.07, 6.45) is -4.48. The van der Waals surface area contributed by atoms with Crippen LogP contribution in [-0.4, -0.2) is 19.1 Å². The van der Waals surface area contributed by atoms with E-state index < -0.39 is 38.1 Å². The lowest BCUT2D eigenvalue weighted by atomic mass is 10.1. The zero-order chi connectivity index (χ0) is 15.6. The number of hydrogen-bond acceptors (Lipinski definition) is 4. The number of sulfonamides is 1. The summed E-state index contributed by atoms with van der Waals surface area (Å²) in [5, 5.41) is 10.7. The Bertz CT molecular complexity index is 613. The number of nitrogens with zero attached hydrogens (tertiary/aromatic N) is 1. The molecule has 1 rings (SSSR count). The quantitative estimate of drug-likeness (QED) is 0.668. The number of rotatable bonds is 5. The Kier molecular flexibility index (Phi) is 4.58. The third-order valence-electron chi connectivity index (χ3n) is 2.26. The van der Waals surface area contributed by atoms with Crippen LogP contribution >= 0.6 is 0 Å². The molecule has 20 heavy (non-hydrogen) atoms. The lowest BCUT2D eigenvalue weighted by Gasteiger charge is -2.10. The molecule has 0 aliphatic rings. The van der Waals surface area contributed by atoms with Crippen molar-refractivity contribution in [2.45, 2.75) is 19.5 Å². The molecule has 10 heteroatoms. The molecule has 0 saturated heterocycles. The van der Waals surface area contributed by atoms with Gasteiger partial charge in [0, 0.05) is 6.07 Å². The monoisotopic (exact) mass is 312 g/mol. The van der Waals surface area contributed by atoms with Crippen LogP contribution in [0.2, 0.25) is 0 Å². The molecule has 6 nitrogen and oxygen atoms in total. The summed E-state index contributed by atoms with van der Waals surface area (Å²) < 4.78 is 62.3. The average molecular weight is 312 g/mol. The van der Waals surface area contributed by atoms with E-state index in [1.807, 2.05) is 4.72 Å². The Morgan fingerprint density at radius 1 is 1.35 bits per heavy atom. The van der Waals surface area contributed by atoms with Crippen molar-refractivity contribution in [3.05, 3.63) is 33.9 Å². The second-order valence-corrected chi connectivity index (χ2v) is 5.75. The summed E-state index contributed by atoms with van der Waals surface area (Å²) in [4.78, 5) is 9.68. The highest BCUT2D eigenvalue weighted by molar-refractivity contribution is 7.92. The molecule has 0 fully saturated rings. The number of anilines is 1. The fourth-order valence-electron chi connectivity index (χ4n) is 1.43. The van der Waals surface area contributed by atoms with Crippen LogP contribution < -0.4 is 4.72 Å². The second-order valence-electron chi connectivity index (χ2n) is 3.91. The zero-order valence-electron chi connectivity index (χ0n) is 10.3. The minimum absolute atomic E-state index is 0.268. The molecule has 1 N–H and O–H groups in total. The van der Waals surface area contributed by atoms with Gasteiger partial charge in [0.15, 0.2) is 0 Å². The first kappa shape index (κ1) is 16.2. The van der Waals surface area contributed by atoms with Gasteiger partial charge < -0.3 is 0 Å². The Labute approximate surface area is 112 Å². The first-order chi connectivity index (χ1) is 9.07. The number of nitro groups is 1. The predicted molar refractivity (Wildman–Crippen MR) is 65.8 cm³/mol. The van der Waals surface area contributed by atoms with Gasteiger partial charge in [0.05, 0.1) is 16.2 Å². The van der Waals surface area contributed by atoms with Crippen LogP contribution in [0.25, 0.3) is 0 Å². The van der Waals surface area contributed by atoms with Crippen molar-refractivity contribution in [1.82, 2.24) is 0 Å². The molecule has 1 aromatic carbocycles. The molecular weight excluding hydrogens is 301 g/mol. The van der Waals surface area contributed by atoms with Gasteiger partial charge in [-0.2, -0.15) is 13.2 Å². The van der Waals surface area contributed by atoms with Crippen LogP contribution in [0.1, 0.15) is 18.9 Å². The number of alkyl halides is 3. The summed E-state index contributed by atoms with van der Waals surface area (Å²) >= 11 is 0. The van der Waals surface area contributed by atoms with E-state index in [4.69, 9.17) is 0 Å². The van der Waals surface area contributed by atoms with Gasteiger partial charge in [-0.05, 0) is 18.6 Å². The third-order valence-corrected chi connectivity index (χ3v) is 3.74. The topological polar surface area (TPSA) is 89.3 Å².